The first kappa shape index (κ1) is 35.9. The zero-order chi connectivity index (χ0) is 40.6. The molecule has 1 aliphatic heterocycles. The number of H-pyrrole nitrogens is 1. The van der Waals surface area contributed by atoms with E-state index in [-0.39, 0.29) is 17.8 Å². The predicted molar refractivity (Wildman–Crippen MR) is 255 cm³/mol. The van der Waals surface area contributed by atoms with Crippen molar-refractivity contribution < 1.29 is 4.42 Å². The number of para-hydroxylation sites is 2. The van der Waals surface area contributed by atoms with E-state index in [4.69, 9.17) is 9.41 Å². The molecule has 294 valence electrons. The molecule has 0 fully saturated rings. The smallest absolute Gasteiger partial charge is 0.139 e. The van der Waals surface area contributed by atoms with Crippen LogP contribution in [0.25, 0.3) is 65.8 Å². The molecule has 1 N–H and O–H groups in total. The molecular formula is C58H46N2O. The Kier molecular flexibility index (Phi) is 8.45. The molecule has 3 heterocycles. The van der Waals surface area contributed by atoms with E-state index in [1.54, 1.807) is 0 Å². The van der Waals surface area contributed by atoms with Gasteiger partial charge in [-0.1, -0.05) is 159 Å². The first-order valence-corrected chi connectivity index (χ1v) is 22.1. The summed E-state index contributed by atoms with van der Waals surface area (Å²) in [6.07, 6.45) is 3.92. The molecular weight excluding hydrogens is 741 g/mol. The van der Waals surface area contributed by atoms with Crippen LogP contribution in [-0.4, -0.2) is 10.7 Å². The minimum absolute atomic E-state index is 0.0848. The Bertz CT molecular complexity index is 3350. The number of fused-ring (bicyclic) bond motifs is 11. The van der Waals surface area contributed by atoms with Crippen LogP contribution in [0.4, 0.5) is 5.69 Å². The lowest BCUT2D eigenvalue weighted by Gasteiger charge is -2.31. The summed E-state index contributed by atoms with van der Waals surface area (Å²) in [5.74, 6) is 1.48. The second-order valence-electron chi connectivity index (χ2n) is 17.1. The summed E-state index contributed by atoms with van der Waals surface area (Å²) < 4.78 is 6.64. The van der Waals surface area contributed by atoms with Gasteiger partial charge >= 0.3 is 0 Å². The summed E-state index contributed by atoms with van der Waals surface area (Å²) >= 11 is 0. The van der Waals surface area contributed by atoms with Crippen LogP contribution in [0.15, 0.2) is 179 Å². The van der Waals surface area contributed by atoms with Gasteiger partial charge in [-0.15, -0.1) is 0 Å². The molecule has 12 rings (SSSR count). The van der Waals surface area contributed by atoms with Crippen molar-refractivity contribution in [1.82, 2.24) is 4.98 Å². The highest BCUT2D eigenvalue weighted by Gasteiger charge is 2.38. The van der Waals surface area contributed by atoms with Gasteiger partial charge in [0.2, 0.25) is 0 Å². The third-order valence-corrected chi connectivity index (χ3v) is 13.9. The highest BCUT2D eigenvalue weighted by Crippen LogP contribution is 2.51. The lowest BCUT2D eigenvalue weighted by molar-refractivity contribution is 0.459. The molecule has 3 unspecified atom stereocenters. The highest BCUT2D eigenvalue weighted by molar-refractivity contribution is 6.21. The van der Waals surface area contributed by atoms with Crippen LogP contribution < -0.4 is 0 Å². The maximum Gasteiger partial charge on any atom is 0.139 e. The van der Waals surface area contributed by atoms with Crippen LogP contribution in [0.3, 0.4) is 0 Å². The normalized spacial score (nSPS) is 17.3. The summed E-state index contributed by atoms with van der Waals surface area (Å²) in [5, 5.41) is 6.29. The molecule has 8 aromatic carbocycles. The van der Waals surface area contributed by atoms with Crippen molar-refractivity contribution in [2.24, 2.45) is 10.9 Å². The van der Waals surface area contributed by atoms with E-state index in [0.717, 1.165) is 53.8 Å². The molecule has 3 heteroatoms. The number of benzene rings is 8. The van der Waals surface area contributed by atoms with E-state index in [9.17, 15) is 0 Å². The number of hydrogen-bond acceptors (Lipinski definition) is 2. The summed E-state index contributed by atoms with van der Waals surface area (Å²) in [6.45, 7) is 4.57. The molecule has 0 saturated carbocycles. The maximum absolute atomic E-state index is 6.64. The van der Waals surface area contributed by atoms with Gasteiger partial charge in [0.15, 0.2) is 0 Å². The molecule has 0 saturated heterocycles. The van der Waals surface area contributed by atoms with Crippen LogP contribution in [0.1, 0.15) is 77.7 Å². The van der Waals surface area contributed by atoms with Gasteiger partial charge in [-0.2, -0.15) is 0 Å². The first-order chi connectivity index (χ1) is 30.2. The maximum atomic E-state index is 6.64. The Hall–Kier alpha value is -6.97. The summed E-state index contributed by atoms with van der Waals surface area (Å²) in [6, 6.07) is 62.8. The van der Waals surface area contributed by atoms with Crippen LogP contribution in [0, 0.1) is 5.92 Å². The van der Waals surface area contributed by atoms with Gasteiger partial charge in [-0.05, 0) is 111 Å². The summed E-state index contributed by atoms with van der Waals surface area (Å²) in [5.41, 5.74) is 18.8. The molecule has 0 spiro atoms. The molecule has 0 radical (unpaired) electrons. The number of nitrogens with zero attached hydrogens (tertiary/aromatic N) is 1. The molecule has 1 aliphatic carbocycles. The predicted octanol–water partition coefficient (Wildman–Crippen LogP) is 15.5. The fourth-order valence-electron chi connectivity index (χ4n) is 11.1. The highest BCUT2D eigenvalue weighted by atomic mass is 16.3. The molecule has 3 atom stereocenters. The number of hydrogen-bond donors (Lipinski definition) is 1. The van der Waals surface area contributed by atoms with E-state index < -0.39 is 0 Å². The van der Waals surface area contributed by atoms with Gasteiger partial charge in [0.25, 0.3) is 0 Å². The van der Waals surface area contributed by atoms with Crippen LogP contribution in [0.2, 0.25) is 0 Å². The molecule has 61 heavy (non-hydrogen) atoms. The van der Waals surface area contributed by atoms with Gasteiger partial charge in [0.05, 0.1) is 17.1 Å². The second kappa shape index (κ2) is 14.3. The summed E-state index contributed by atoms with van der Waals surface area (Å²) in [7, 11) is 0. The largest absolute Gasteiger partial charge is 0.458 e. The van der Waals surface area contributed by atoms with Crippen molar-refractivity contribution >= 4 is 54.9 Å². The fourth-order valence-corrected chi connectivity index (χ4v) is 11.1. The van der Waals surface area contributed by atoms with Gasteiger partial charge in [0.1, 0.15) is 17.0 Å². The lowest BCUT2D eigenvalue weighted by Crippen LogP contribution is -2.26. The Morgan fingerprint density at radius 2 is 1.38 bits per heavy atom. The van der Waals surface area contributed by atoms with E-state index in [1.807, 2.05) is 0 Å². The van der Waals surface area contributed by atoms with E-state index in [0.29, 0.717) is 0 Å². The number of aryl methyl sites for hydroxylation is 2. The number of aromatic amines is 1. The zero-order valence-electron chi connectivity index (χ0n) is 34.6. The van der Waals surface area contributed by atoms with Crippen LogP contribution >= 0.6 is 0 Å². The Morgan fingerprint density at radius 1 is 0.639 bits per heavy atom. The third kappa shape index (κ3) is 5.60. The van der Waals surface area contributed by atoms with E-state index in [2.05, 4.69) is 189 Å². The molecule has 0 amide bonds. The van der Waals surface area contributed by atoms with E-state index in [1.165, 1.54) is 88.2 Å². The Morgan fingerprint density at radius 3 is 2.21 bits per heavy atom. The van der Waals surface area contributed by atoms with Crippen molar-refractivity contribution in [3.8, 4) is 22.3 Å². The third-order valence-electron chi connectivity index (χ3n) is 13.9. The molecule has 2 aromatic heterocycles. The van der Waals surface area contributed by atoms with Crippen molar-refractivity contribution in [1.29, 1.82) is 0 Å². The van der Waals surface area contributed by atoms with Gasteiger partial charge in [0, 0.05) is 39.1 Å². The van der Waals surface area contributed by atoms with Crippen molar-refractivity contribution in [2.45, 2.75) is 51.4 Å². The average Bonchev–Trinajstić information content (AvgIpc) is 3.85. The minimum atomic E-state index is 0.0848. The number of rotatable bonds is 6. The fraction of sp³-hybridized carbons (Fsp3) is 0.155. The molecule has 2 aliphatic rings. The lowest BCUT2D eigenvalue weighted by atomic mass is 9.75. The number of aromatic nitrogens is 1. The summed E-state index contributed by atoms with van der Waals surface area (Å²) in [4.78, 5) is 9.45. The number of furan rings is 1. The SMILES string of the molecule is CCc1ccc2ccccc2c1-c1cc2c(c3c1[nH]c1ccccc13)-c1ccccc1C(c1ccc(C3=Nc4c(oc5ccccc45)C(c4ccccc4)C3CC)cc1)CC2. The Balaban J connectivity index is 0.999. The Labute approximate surface area is 356 Å². The zero-order valence-corrected chi connectivity index (χ0v) is 34.6. The van der Waals surface area contributed by atoms with Crippen molar-refractivity contribution in [3.05, 3.63) is 209 Å². The standard InChI is InChI=1S/C58H46N2O/c1-3-35-26-27-36-16-8-9-19-43(36)51(35)48-34-40-32-33-42(44-20-10-11-21-45(44)52(40)54-46-22-12-14-24-49(46)59-56(48)54)37-28-30-39(31-29-37)55-41(4-2)53(38-17-6-5-7-18-38)58-57(60-55)47-23-13-15-25-50(47)61-58/h5-31,34,41-42,53,59H,3-4,32-33H2,1-2H3. The number of aliphatic imine (C=N–C) groups is 1. The molecule has 3 nitrogen and oxygen atoms in total. The van der Waals surface area contributed by atoms with Gasteiger partial charge < -0.3 is 9.40 Å². The average molecular weight is 787 g/mol. The van der Waals surface area contributed by atoms with Crippen molar-refractivity contribution in [2.75, 3.05) is 0 Å². The molecule has 0 bridgehead atoms. The van der Waals surface area contributed by atoms with Crippen LogP contribution in [-0.2, 0) is 12.8 Å². The topological polar surface area (TPSA) is 41.3 Å². The quantitative estimate of drug-likeness (QED) is 0.179. The second-order valence-corrected chi connectivity index (χ2v) is 17.1. The van der Waals surface area contributed by atoms with E-state index >= 15 is 0 Å². The number of nitrogens with one attached hydrogen (secondary N) is 1. The van der Waals surface area contributed by atoms with Gasteiger partial charge in [-0.3, -0.25) is 0 Å². The molecule has 10 aromatic rings. The van der Waals surface area contributed by atoms with Crippen molar-refractivity contribution in [3.63, 3.8) is 0 Å². The first-order valence-electron chi connectivity index (χ1n) is 22.1. The van der Waals surface area contributed by atoms with Gasteiger partial charge in [-0.25, -0.2) is 4.99 Å². The monoisotopic (exact) mass is 786 g/mol. The van der Waals surface area contributed by atoms with Crippen LogP contribution in [0.5, 0.6) is 0 Å². The minimum Gasteiger partial charge on any atom is -0.458 e.